The van der Waals surface area contributed by atoms with Gasteiger partial charge in [-0.15, -0.1) is 0 Å². The van der Waals surface area contributed by atoms with Crippen LogP contribution in [0.25, 0.3) is 22.9 Å². The molecule has 0 atom stereocenters. The van der Waals surface area contributed by atoms with Gasteiger partial charge in [-0.3, -0.25) is 0 Å². The van der Waals surface area contributed by atoms with Gasteiger partial charge in [0, 0.05) is 24.0 Å². The summed E-state index contributed by atoms with van der Waals surface area (Å²) in [5.74, 6) is 6.91. The lowest BCUT2D eigenvalue weighted by Gasteiger charge is -2.07. The predicted octanol–water partition coefficient (Wildman–Crippen LogP) is 2.19. The standard InChI is InChI=1S/C15H14N6/c1-10-8-17-14(18-9-10)15-19-12(7-13(20-15)21-16)11-5-3-2-4-6-11/h2-9H,16H2,1H3,(H,19,20,21). The molecule has 6 heteroatoms. The first kappa shape index (κ1) is 13.1. The number of nitrogens with one attached hydrogen (secondary N) is 1. The lowest BCUT2D eigenvalue weighted by molar-refractivity contribution is 1.06. The molecule has 0 saturated carbocycles. The highest BCUT2D eigenvalue weighted by Crippen LogP contribution is 2.22. The maximum atomic E-state index is 5.49. The highest BCUT2D eigenvalue weighted by atomic mass is 15.3. The molecule has 3 aromatic rings. The Labute approximate surface area is 122 Å². The molecule has 0 aliphatic heterocycles. The minimum absolute atomic E-state index is 0.435. The summed E-state index contributed by atoms with van der Waals surface area (Å²) in [5.41, 5.74) is 5.27. The van der Waals surface area contributed by atoms with Crippen molar-refractivity contribution in [1.82, 2.24) is 19.9 Å². The molecule has 21 heavy (non-hydrogen) atoms. The number of nitrogen functional groups attached to an aromatic ring is 1. The number of hydrogen-bond donors (Lipinski definition) is 2. The minimum atomic E-state index is 0.435. The maximum Gasteiger partial charge on any atom is 0.200 e. The second-order valence-electron chi connectivity index (χ2n) is 4.56. The Morgan fingerprint density at radius 3 is 2.33 bits per heavy atom. The molecule has 0 spiro atoms. The first-order valence-electron chi connectivity index (χ1n) is 6.46. The van der Waals surface area contributed by atoms with E-state index in [1.807, 2.05) is 37.3 Å². The third kappa shape index (κ3) is 2.85. The summed E-state index contributed by atoms with van der Waals surface area (Å²) in [6.07, 6.45) is 3.47. The summed E-state index contributed by atoms with van der Waals surface area (Å²) < 4.78 is 0. The third-order valence-corrected chi connectivity index (χ3v) is 2.92. The molecule has 0 radical (unpaired) electrons. The molecule has 2 aromatic heterocycles. The van der Waals surface area contributed by atoms with Gasteiger partial charge in [0.2, 0.25) is 0 Å². The summed E-state index contributed by atoms with van der Waals surface area (Å²) in [7, 11) is 0. The van der Waals surface area contributed by atoms with Crippen LogP contribution in [0.15, 0.2) is 48.8 Å². The monoisotopic (exact) mass is 278 g/mol. The molecular weight excluding hydrogens is 264 g/mol. The number of hydrazine groups is 1. The van der Waals surface area contributed by atoms with E-state index in [9.17, 15) is 0 Å². The molecular formula is C15H14N6. The topological polar surface area (TPSA) is 89.6 Å². The number of anilines is 1. The van der Waals surface area contributed by atoms with Crippen LogP contribution in [0.5, 0.6) is 0 Å². The second kappa shape index (κ2) is 5.64. The van der Waals surface area contributed by atoms with Gasteiger partial charge < -0.3 is 5.43 Å². The van der Waals surface area contributed by atoms with E-state index in [1.165, 1.54) is 0 Å². The van der Waals surface area contributed by atoms with Crippen molar-refractivity contribution in [1.29, 1.82) is 0 Å². The van der Waals surface area contributed by atoms with Crippen molar-refractivity contribution in [3.63, 3.8) is 0 Å². The van der Waals surface area contributed by atoms with Gasteiger partial charge in [0.1, 0.15) is 5.82 Å². The van der Waals surface area contributed by atoms with E-state index in [0.717, 1.165) is 16.8 Å². The van der Waals surface area contributed by atoms with Gasteiger partial charge in [0.05, 0.1) is 5.69 Å². The fourth-order valence-electron chi connectivity index (χ4n) is 1.89. The van der Waals surface area contributed by atoms with Crippen LogP contribution < -0.4 is 11.3 Å². The molecule has 0 unspecified atom stereocenters. The number of benzene rings is 1. The van der Waals surface area contributed by atoms with Crippen molar-refractivity contribution < 1.29 is 0 Å². The van der Waals surface area contributed by atoms with Crippen molar-refractivity contribution in [3.05, 3.63) is 54.4 Å². The summed E-state index contributed by atoms with van der Waals surface area (Å²) in [6, 6.07) is 11.6. The van der Waals surface area contributed by atoms with E-state index in [4.69, 9.17) is 5.84 Å². The Balaban J connectivity index is 2.11. The second-order valence-corrected chi connectivity index (χ2v) is 4.56. The molecule has 0 aliphatic carbocycles. The van der Waals surface area contributed by atoms with Crippen molar-refractivity contribution in [3.8, 4) is 22.9 Å². The fraction of sp³-hybridized carbons (Fsp3) is 0.0667. The number of hydrogen-bond acceptors (Lipinski definition) is 6. The molecule has 0 fully saturated rings. The Bertz CT molecular complexity index is 740. The van der Waals surface area contributed by atoms with Gasteiger partial charge in [0.15, 0.2) is 11.6 Å². The van der Waals surface area contributed by atoms with E-state index < -0.39 is 0 Å². The Kier molecular flexibility index (Phi) is 3.53. The van der Waals surface area contributed by atoms with Crippen LogP contribution in [-0.4, -0.2) is 19.9 Å². The van der Waals surface area contributed by atoms with Gasteiger partial charge in [-0.05, 0) is 12.5 Å². The quantitative estimate of drug-likeness (QED) is 0.564. The predicted molar refractivity (Wildman–Crippen MR) is 81.0 cm³/mol. The number of aryl methyl sites for hydroxylation is 1. The molecule has 104 valence electrons. The zero-order valence-electron chi connectivity index (χ0n) is 11.5. The van der Waals surface area contributed by atoms with Crippen LogP contribution in [0.3, 0.4) is 0 Å². The summed E-state index contributed by atoms with van der Waals surface area (Å²) in [6.45, 7) is 1.93. The van der Waals surface area contributed by atoms with Crippen LogP contribution in [-0.2, 0) is 0 Å². The van der Waals surface area contributed by atoms with Gasteiger partial charge in [0.25, 0.3) is 0 Å². The molecule has 0 bridgehead atoms. The van der Waals surface area contributed by atoms with Gasteiger partial charge in [-0.2, -0.15) is 0 Å². The van der Waals surface area contributed by atoms with Crippen molar-refractivity contribution >= 4 is 5.82 Å². The van der Waals surface area contributed by atoms with Gasteiger partial charge >= 0.3 is 0 Å². The molecule has 0 amide bonds. The summed E-state index contributed by atoms with van der Waals surface area (Å²) in [5, 5.41) is 0. The first-order valence-corrected chi connectivity index (χ1v) is 6.46. The summed E-state index contributed by atoms with van der Waals surface area (Å²) in [4.78, 5) is 17.3. The van der Waals surface area contributed by atoms with Crippen LogP contribution in [0.4, 0.5) is 5.82 Å². The number of nitrogens with two attached hydrogens (primary N) is 1. The molecule has 0 aliphatic rings. The lowest BCUT2D eigenvalue weighted by Crippen LogP contribution is -2.10. The highest BCUT2D eigenvalue weighted by Gasteiger charge is 2.10. The van der Waals surface area contributed by atoms with E-state index in [1.54, 1.807) is 18.5 Å². The molecule has 6 nitrogen and oxygen atoms in total. The average molecular weight is 278 g/mol. The normalized spacial score (nSPS) is 10.4. The van der Waals surface area contributed by atoms with Crippen molar-refractivity contribution in [2.24, 2.45) is 5.84 Å². The van der Waals surface area contributed by atoms with Gasteiger partial charge in [-0.25, -0.2) is 25.8 Å². The zero-order valence-corrected chi connectivity index (χ0v) is 11.5. The smallest absolute Gasteiger partial charge is 0.200 e. The number of nitrogens with zero attached hydrogens (tertiary/aromatic N) is 4. The number of aromatic nitrogens is 4. The Morgan fingerprint density at radius 1 is 0.952 bits per heavy atom. The largest absolute Gasteiger partial charge is 0.308 e. The van der Waals surface area contributed by atoms with Crippen LogP contribution in [0.1, 0.15) is 5.56 Å². The SMILES string of the molecule is Cc1cnc(-c2nc(NN)cc(-c3ccccc3)n2)nc1. The molecule has 1 aromatic carbocycles. The number of rotatable bonds is 3. The van der Waals surface area contributed by atoms with E-state index in [0.29, 0.717) is 17.5 Å². The average Bonchev–Trinajstić information content (AvgIpc) is 2.56. The molecule has 3 rings (SSSR count). The van der Waals surface area contributed by atoms with Crippen LogP contribution in [0, 0.1) is 6.92 Å². The lowest BCUT2D eigenvalue weighted by atomic mass is 10.1. The Hall–Kier alpha value is -2.86. The Morgan fingerprint density at radius 2 is 1.67 bits per heavy atom. The summed E-state index contributed by atoms with van der Waals surface area (Å²) >= 11 is 0. The maximum absolute atomic E-state index is 5.49. The minimum Gasteiger partial charge on any atom is -0.308 e. The van der Waals surface area contributed by atoms with Crippen molar-refractivity contribution in [2.45, 2.75) is 6.92 Å². The molecule has 2 heterocycles. The highest BCUT2D eigenvalue weighted by molar-refractivity contribution is 5.65. The molecule has 3 N–H and O–H groups in total. The van der Waals surface area contributed by atoms with Gasteiger partial charge in [-0.1, -0.05) is 30.3 Å². The van der Waals surface area contributed by atoms with E-state index in [2.05, 4.69) is 25.4 Å². The van der Waals surface area contributed by atoms with Crippen LogP contribution in [0.2, 0.25) is 0 Å². The van der Waals surface area contributed by atoms with E-state index in [-0.39, 0.29) is 0 Å². The fourth-order valence-corrected chi connectivity index (χ4v) is 1.89. The third-order valence-electron chi connectivity index (χ3n) is 2.92. The molecule has 0 saturated heterocycles. The van der Waals surface area contributed by atoms with Crippen LogP contribution >= 0.6 is 0 Å². The van der Waals surface area contributed by atoms with E-state index >= 15 is 0 Å². The zero-order chi connectivity index (χ0) is 14.7. The first-order chi connectivity index (χ1) is 10.3. The van der Waals surface area contributed by atoms with Crippen molar-refractivity contribution in [2.75, 3.05) is 5.43 Å².